The number of ether oxygens (including phenoxy) is 1. The Bertz CT molecular complexity index is 1260. The molecule has 0 radical (unpaired) electrons. The summed E-state index contributed by atoms with van der Waals surface area (Å²) in [4.78, 5) is 39.4. The topological polar surface area (TPSA) is 93.5 Å². The molecule has 8 nitrogen and oxygen atoms in total. The standard InChI is InChI=1S/C25H25ClN4O4/c1-2-34-25(33)17-6-3-9-20(14-17)27-24(32)18-7-5-13-29(16-18)22-11-12-23(31)30(28-22)21-10-4-8-19(26)15-21/h3-4,6,8-12,14-15,18H,2,5,7,13,16H2,1H3,(H,27,32). The van der Waals surface area contributed by atoms with Crippen LogP contribution < -0.4 is 15.8 Å². The SMILES string of the molecule is CCOC(=O)c1cccc(NC(=O)C2CCCN(c3ccc(=O)n(-c4cccc(Cl)c4)n3)C2)c1. The third-order valence-corrected chi connectivity index (χ3v) is 5.83. The number of benzene rings is 2. The van der Waals surface area contributed by atoms with Gasteiger partial charge in [-0.3, -0.25) is 9.59 Å². The maximum atomic E-state index is 13.0. The fraction of sp³-hybridized carbons (Fsp3) is 0.280. The molecule has 1 unspecified atom stereocenters. The first-order valence-electron chi connectivity index (χ1n) is 11.1. The van der Waals surface area contributed by atoms with Crippen LogP contribution in [0.15, 0.2) is 65.5 Å². The lowest BCUT2D eigenvalue weighted by atomic mass is 9.97. The van der Waals surface area contributed by atoms with E-state index in [4.69, 9.17) is 16.3 Å². The lowest BCUT2D eigenvalue weighted by Crippen LogP contribution is -2.41. The second kappa shape index (κ2) is 10.5. The van der Waals surface area contributed by atoms with E-state index < -0.39 is 5.97 Å². The number of amides is 1. The molecule has 4 rings (SSSR count). The molecule has 1 saturated heterocycles. The van der Waals surface area contributed by atoms with Crippen molar-refractivity contribution in [2.45, 2.75) is 19.8 Å². The van der Waals surface area contributed by atoms with Crippen molar-refractivity contribution in [2.24, 2.45) is 5.92 Å². The van der Waals surface area contributed by atoms with Gasteiger partial charge in [0.05, 0.1) is 23.8 Å². The molecule has 3 aromatic rings. The molecule has 1 atom stereocenters. The third kappa shape index (κ3) is 5.46. The number of rotatable bonds is 6. The van der Waals surface area contributed by atoms with Crippen molar-refractivity contribution in [3.05, 3.63) is 81.6 Å². The minimum atomic E-state index is -0.427. The summed E-state index contributed by atoms with van der Waals surface area (Å²) >= 11 is 6.08. The van der Waals surface area contributed by atoms with E-state index in [9.17, 15) is 14.4 Å². The molecule has 0 aliphatic carbocycles. The maximum Gasteiger partial charge on any atom is 0.338 e. The van der Waals surface area contributed by atoms with Crippen LogP contribution in [0.1, 0.15) is 30.1 Å². The maximum absolute atomic E-state index is 13.0. The van der Waals surface area contributed by atoms with Crippen LogP contribution in [0.2, 0.25) is 5.02 Å². The summed E-state index contributed by atoms with van der Waals surface area (Å²) in [6.07, 6.45) is 1.53. The number of carbonyl (C=O) groups is 2. The smallest absolute Gasteiger partial charge is 0.338 e. The highest BCUT2D eigenvalue weighted by Gasteiger charge is 2.27. The van der Waals surface area contributed by atoms with Crippen molar-refractivity contribution in [1.29, 1.82) is 0 Å². The van der Waals surface area contributed by atoms with Gasteiger partial charge in [-0.2, -0.15) is 4.68 Å². The monoisotopic (exact) mass is 480 g/mol. The van der Waals surface area contributed by atoms with Crippen molar-refractivity contribution in [3.8, 4) is 5.69 Å². The van der Waals surface area contributed by atoms with Crippen LogP contribution in [0, 0.1) is 5.92 Å². The Morgan fingerprint density at radius 3 is 2.76 bits per heavy atom. The highest BCUT2D eigenvalue weighted by Crippen LogP contribution is 2.23. The van der Waals surface area contributed by atoms with E-state index in [0.717, 1.165) is 19.4 Å². The van der Waals surface area contributed by atoms with Gasteiger partial charge in [-0.25, -0.2) is 4.79 Å². The van der Waals surface area contributed by atoms with Gasteiger partial charge < -0.3 is 15.0 Å². The number of anilines is 2. The van der Waals surface area contributed by atoms with Crippen LogP contribution in [0.5, 0.6) is 0 Å². The summed E-state index contributed by atoms with van der Waals surface area (Å²) in [7, 11) is 0. The lowest BCUT2D eigenvalue weighted by molar-refractivity contribution is -0.120. The Kier molecular flexibility index (Phi) is 7.27. The summed E-state index contributed by atoms with van der Waals surface area (Å²) in [6.45, 7) is 3.22. The van der Waals surface area contributed by atoms with Gasteiger partial charge >= 0.3 is 5.97 Å². The molecule has 1 N–H and O–H groups in total. The van der Waals surface area contributed by atoms with Crippen molar-refractivity contribution < 1.29 is 14.3 Å². The van der Waals surface area contributed by atoms with Gasteiger partial charge in [-0.15, -0.1) is 5.10 Å². The molecule has 0 bridgehead atoms. The molecule has 34 heavy (non-hydrogen) atoms. The second-order valence-electron chi connectivity index (χ2n) is 8.00. The number of nitrogens with zero attached hydrogens (tertiary/aromatic N) is 3. The van der Waals surface area contributed by atoms with Crippen LogP contribution in [-0.4, -0.2) is 41.4 Å². The van der Waals surface area contributed by atoms with Gasteiger partial charge in [-0.1, -0.05) is 23.7 Å². The summed E-state index contributed by atoms with van der Waals surface area (Å²) in [6, 6.07) is 16.8. The van der Waals surface area contributed by atoms with Gasteiger partial charge in [0.15, 0.2) is 0 Å². The zero-order chi connectivity index (χ0) is 24.1. The largest absolute Gasteiger partial charge is 0.462 e. The highest BCUT2D eigenvalue weighted by atomic mass is 35.5. The zero-order valence-corrected chi connectivity index (χ0v) is 19.5. The van der Waals surface area contributed by atoms with E-state index in [1.165, 1.54) is 10.7 Å². The summed E-state index contributed by atoms with van der Waals surface area (Å²) in [5, 5.41) is 7.94. The molecule has 9 heteroatoms. The van der Waals surface area contributed by atoms with Crippen LogP contribution in [0.25, 0.3) is 5.69 Å². The van der Waals surface area contributed by atoms with Crippen LogP contribution >= 0.6 is 11.6 Å². The van der Waals surface area contributed by atoms with Crippen LogP contribution in [0.4, 0.5) is 11.5 Å². The molecule has 1 amide bonds. The number of piperidine rings is 1. The molecule has 1 aromatic heterocycles. The molecule has 1 fully saturated rings. The van der Waals surface area contributed by atoms with E-state index in [2.05, 4.69) is 10.4 Å². The van der Waals surface area contributed by atoms with Crippen molar-refractivity contribution in [3.63, 3.8) is 0 Å². The lowest BCUT2D eigenvalue weighted by Gasteiger charge is -2.33. The summed E-state index contributed by atoms with van der Waals surface area (Å²) in [5.74, 6) is -0.216. The first-order valence-corrected chi connectivity index (χ1v) is 11.5. The fourth-order valence-electron chi connectivity index (χ4n) is 3.94. The second-order valence-corrected chi connectivity index (χ2v) is 8.43. The molecule has 2 heterocycles. The minimum Gasteiger partial charge on any atom is -0.462 e. The molecule has 1 aliphatic rings. The van der Waals surface area contributed by atoms with Gasteiger partial charge in [0.2, 0.25) is 5.91 Å². The molecule has 0 spiro atoms. The Hall–Kier alpha value is -3.65. The first-order chi connectivity index (χ1) is 16.4. The average molecular weight is 481 g/mol. The minimum absolute atomic E-state index is 0.131. The number of nitrogens with one attached hydrogen (secondary N) is 1. The predicted octanol–water partition coefficient (Wildman–Crippen LogP) is 3.92. The van der Waals surface area contributed by atoms with Crippen molar-refractivity contribution in [2.75, 3.05) is 29.9 Å². The Labute approximate surface area is 202 Å². The fourth-order valence-corrected chi connectivity index (χ4v) is 4.13. The number of hydrogen-bond donors (Lipinski definition) is 1. The van der Waals surface area contributed by atoms with Gasteiger partial charge in [0.1, 0.15) is 5.82 Å². The predicted molar refractivity (Wildman–Crippen MR) is 131 cm³/mol. The molecule has 1 aliphatic heterocycles. The van der Waals surface area contributed by atoms with Crippen LogP contribution in [0.3, 0.4) is 0 Å². The Morgan fingerprint density at radius 1 is 1.15 bits per heavy atom. The number of carbonyl (C=O) groups excluding carboxylic acids is 2. The highest BCUT2D eigenvalue weighted by molar-refractivity contribution is 6.30. The van der Waals surface area contributed by atoms with Crippen LogP contribution in [-0.2, 0) is 9.53 Å². The van der Waals surface area contributed by atoms with Gasteiger partial charge in [0, 0.05) is 29.9 Å². The molecule has 176 valence electrons. The number of hydrogen-bond acceptors (Lipinski definition) is 6. The summed E-state index contributed by atoms with van der Waals surface area (Å²) < 4.78 is 6.34. The van der Waals surface area contributed by atoms with E-state index in [1.807, 2.05) is 4.90 Å². The van der Waals surface area contributed by atoms with E-state index in [1.54, 1.807) is 61.5 Å². The van der Waals surface area contributed by atoms with Crippen molar-refractivity contribution in [1.82, 2.24) is 9.78 Å². The molecule has 2 aromatic carbocycles. The zero-order valence-electron chi connectivity index (χ0n) is 18.7. The van der Waals surface area contributed by atoms with E-state index >= 15 is 0 Å². The Morgan fingerprint density at radius 2 is 1.97 bits per heavy atom. The van der Waals surface area contributed by atoms with Gasteiger partial charge in [-0.05, 0) is 62.2 Å². The Balaban J connectivity index is 1.48. The quantitative estimate of drug-likeness (QED) is 0.537. The first kappa shape index (κ1) is 23.5. The van der Waals surface area contributed by atoms with Gasteiger partial charge in [0.25, 0.3) is 5.56 Å². The molecular weight excluding hydrogens is 456 g/mol. The summed E-state index contributed by atoms with van der Waals surface area (Å²) in [5.41, 5.74) is 1.24. The third-order valence-electron chi connectivity index (χ3n) is 5.60. The normalized spacial score (nSPS) is 15.6. The molecular formula is C25H25ClN4O4. The number of esters is 1. The average Bonchev–Trinajstić information content (AvgIpc) is 2.85. The van der Waals surface area contributed by atoms with E-state index in [-0.39, 0.29) is 24.0 Å². The molecule has 0 saturated carbocycles. The van der Waals surface area contributed by atoms with E-state index in [0.29, 0.717) is 34.3 Å². The van der Waals surface area contributed by atoms with Crippen molar-refractivity contribution >= 4 is 35.0 Å². The number of halogens is 1. The number of aromatic nitrogens is 2.